The number of ketones is 1. The third kappa shape index (κ3) is 2.65. The van der Waals surface area contributed by atoms with E-state index in [1.54, 1.807) is 20.8 Å². The van der Waals surface area contributed by atoms with Crippen molar-refractivity contribution in [2.24, 2.45) is 5.41 Å². The number of rotatable bonds is 3. The van der Waals surface area contributed by atoms with Crippen LogP contribution in [0.15, 0.2) is 23.8 Å². The molecule has 0 saturated carbocycles. The van der Waals surface area contributed by atoms with E-state index < -0.39 is 17.1 Å². The number of carbonyl (C=O) groups is 1. The van der Waals surface area contributed by atoms with E-state index in [-0.39, 0.29) is 24.4 Å². The van der Waals surface area contributed by atoms with Gasteiger partial charge in [0.25, 0.3) is 0 Å². The predicted molar refractivity (Wildman–Crippen MR) is 64.3 cm³/mol. The largest absolute Gasteiger partial charge is 0.392 e. The summed E-state index contributed by atoms with van der Waals surface area (Å²) in [6.07, 6.45) is 3.73. The fourth-order valence-corrected chi connectivity index (χ4v) is 2.14. The zero-order valence-electron chi connectivity index (χ0n) is 10.5. The highest BCUT2D eigenvalue weighted by Crippen LogP contribution is 2.44. The summed E-state index contributed by atoms with van der Waals surface area (Å²) in [7, 11) is 0. The Bertz CT molecular complexity index is 366. The van der Waals surface area contributed by atoms with Crippen LogP contribution in [-0.2, 0) is 4.79 Å². The van der Waals surface area contributed by atoms with Crippen molar-refractivity contribution in [2.45, 2.75) is 38.9 Å². The van der Waals surface area contributed by atoms with E-state index in [0.29, 0.717) is 0 Å². The van der Waals surface area contributed by atoms with Crippen LogP contribution in [0.1, 0.15) is 27.2 Å². The van der Waals surface area contributed by atoms with Gasteiger partial charge in [0.2, 0.25) is 0 Å². The quantitative estimate of drug-likeness (QED) is 0.630. The Morgan fingerprint density at radius 2 is 2.12 bits per heavy atom. The molecule has 0 saturated heterocycles. The molecule has 0 aliphatic heterocycles. The molecule has 1 rings (SSSR count). The van der Waals surface area contributed by atoms with Crippen LogP contribution in [0.5, 0.6) is 0 Å². The molecule has 0 radical (unpaired) electrons. The van der Waals surface area contributed by atoms with Crippen molar-refractivity contribution >= 4 is 5.78 Å². The van der Waals surface area contributed by atoms with Gasteiger partial charge in [0.1, 0.15) is 5.60 Å². The van der Waals surface area contributed by atoms with E-state index in [2.05, 4.69) is 0 Å². The van der Waals surface area contributed by atoms with E-state index in [4.69, 9.17) is 0 Å². The van der Waals surface area contributed by atoms with Crippen LogP contribution in [0, 0.1) is 5.41 Å². The Morgan fingerprint density at radius 1 is 1.53 bits per heavy atom. The average molecular weight is 240 g/mol. The molecule has 1 aliphatic rings. The lowest BCUT2D eigenvalue weighted by Gasteiger charge is -2.44. The summed E-state index contributed by atoms with van der Waals surface area (Å²) in [5.74, 6) is -0.103. The molecule has 0 spiro atoms. The first kappa shape index (κ1) is 14.1. The topological polar surface area (TPSA) is 77.8 Å². The molecule has 4 nitrogen and oxygen atoms in total. The normalized spacial score (nSPS) is 30.5. The summed E-state index contributed by atoms with van der Waals surface area (Å²) >= 11 is 0. The van der Waals surface area contributed by atoms with Gasteiger partial charge in [-0.1, -0.05) is 19.9 Å². The first-order chi connectivity index (χ1) is 7.73. The van der Waals surface area contributed by atoms with E-state index in [1.807, 2.05) is 0 Å². The molecule has 96 valence electrons. The second-order valence-electron chi connectivity index (χ2n) is 5.22. The summed E-state index contributed by atoms with van der Waals surface area (Å²) in [5.41, 5.74) is -1.83. The van der Waals surface area contributed by atoms with Crippen molar-refractivity contribution in [3.8, 4) is 0 Å². The van der Waals surface area contributed by atoms with Crippen LogP contribution in [0.3, 0.4) is 0 Å². The van der Waals surface area contributed by atoms with Gasteiger partial charge < -0.3 is 15.3 Å². The Morgan fingerprint density at radius 3 is 2.59 bits per heavy atom. The van der Waals surface area contributed by atoms with Crippen molar-refractivity contribution in [3.05, 3.63) is 23.8 Å². The maximum Gasteiger partial charge on any atom is 0.156 e. The number of aliphatic hydroxyl groups excluding tert-OH is 2. The molecular weight excluding hydrogens is 220 g/mol. The molecule has 0 aromatic heterocycles. The van der Waals surface area contributed by atoms with Crippen LogP contribution >= 0.6 is 0 Å². The summed E-state index contributed by atoms with van der Waals surface area (Å²) in [6.45, 7) is 4.72. The van der Waals surface area contributed by atoms with Gasteiger partial charge in [-0.25, -0.2) is 0 Å². The zero-order valence-corrected chi connectivity index (χ0v) is 10.5. The Kier molecular flexibility index (Phi) is 3.91. The van der Waals surface area contributed by atoms with Gasteiger partial charge in [-0.3, -0.25) is 4.79 Å². The van der Waals surface area contributed by atoms with Gasteiger partial charge in [-0.2, -0.15) is 0 Å². The van der Waals surface area contributed by atoms with Crippen molar-refractivity contribution in [3.63, 3.8) is 0 Å². The minimum atomic E-state index is -1.40. The smallest absolute Gasteiger partial charge is 0.156 e. The summed E-state index contributed by atoms with van der Waals surface area (Å²) in [5, 5.41) is 29.1. The Labute approximate surface area is 101 Å². The second kappa shape index (κ2) is 4.72. The van der Waals surface area contributed by atoms with Crippen LogP contribution in [0.2, 0.25) is 0 Å². The fraction of sp³-hybridized carbons (Fsp3) is 0.615. The Balaban J connectivity index is 3.23. The molecule has 2 atom stereocenters. The minimum absolute atomic E-state index is 0.103. The van der Waals surface area contributed by atoms with Gasteiger partial charge >= 0.3 is 0 Å². The molecule has 1 aliphatic carbocycles. The molecule has 0 heterocycles. The fourth-order valence-electron chi connectivity index (χ4n) is 2.14. The maximum atomic E-state index is 11.5. The zero-order chi connectivity index (χ0) is 13.3. The lowest BCUT2D eigenvalue weighted by Crippen LogP contribution is -2.49. The molecular formula is C13H20O4. The third-order valence-corrected chi connectivity index (χ3v) is 3.26. The highest BCUT2D eigenvalue weighted by atomic mass is 16.3. The van der Waals surface area contributed by atoms with Crippen molar-refractivity contribution in [2.75, 3.05) is 6.61 Å². The van der Waals surface area contributed by atoms with Crippen LogP contribution < -0.4 is 0 Å². The lowest BCUT2D eigenvalue weighted by atomic mass is 9.64. The van der Waals surface area contributed by atoms with Crippen LogP contribution in [0.25, 0.3) is 0 Å². The molecule has 0 unspecified atom stereocenters. The van der Waals surface area contributed by atoms with E-state index >= 15 is 0 Å². The SMILES string of the molecule is C[C@H](O)/C=C/[C@@]1(O)C(CO)=CC(=O)CC1(C)C. The van der Waals surface area contributed by atoms with E-state index in [9.17, 15) is 20.1 Å². The van der Waals surface area contributed by atoms with Crippen molar-refractivity contribution < 1.29 is 20.1 Å². The summed E-state index contributed by atoms with van der Waals surface area (Å²) in [4.78, 5) is 11.5. The summed E-state index contributed by atoms with van der Waals surface area (Å²) < 4.78 is 0. The van der Waals surface area contributed by atoms with Crippen LogP contribution in [0.4, 0.5) is 0 Å². The van der Waals surface area contributed by atoms with Crippen molar-refractivity contribution in [1.82, 2.24) is 0 Å². The average Bonchev–Trinajstić information content (AvgIpc) is 2.20. The molecule has 17 heavy (non-hydrogen) atoms. The lowest BCUT2D eigenvalue weighted by molar-refractivity contribution is -0.121. The first-order valence-electron chi connectivity index (χ1n) is 5.67. The maximum absolute atomic E-state index is 11.5. The third-order valence-electron chi connectivity index (χ3n) is 3.26. The van der Waals surface area contributed by atoms with Crippen molar-refractivity contribution in [1.29, 1.82) is 0 Å². The van der Waals surface area contributed by atoms with Gasteiger partial charge in [0, 0.05) is 11.8 Å². The highest BCUT2D eigenvalue weighted by molar-refractivity contribution is 5.93. The Hall–Kier alpha value is -0.970. The molecule has 0 bridgehead atoms. The number of allylic oxidation sites excluding steroid dienone is 1. The number of hydrogen-bond acceptors (Lipinski definition) is 4. The molecule has 0 aromatic rings. The molecule has 0 amide bonds. The monoisotopic (exact) mass is 240 g/mol. The van der Waals surface area contributed by atoms with Gasteiger partial charge in [-0.05, 0) is 24.6 Å². The van der Waals surface area contributed by atoms with Gasteiger partial charge in [0.05, 0.1) is 12.7 Å². The molecule has 4 heteroatoms. The van der Waals surface area contributed by atoms with Crippen LogP contribution in [-0.4, -0.2) is 39.4 Å². The number of aliphatic hydroxyl groups is 3. The number of carbonyl (C=O) groups excluding carboxylic acids is 1. The minimum Gasteiger partial charge on any atom is -0.392 e. The molecule has 0 fully saturated rings. The number of hydrogen-bond donors (Lipinski definition) is 3. The predicted octanol–water partition coefficient (Wildman–Crippen LogP) is 0.572. The molecule has 0 aromatic carbocycles. The van der Waals surface area contributed by atoms with Gasteiger partial charge in [0.15, 0.2) is 5.78 Å². The van der Waals surface area contributed by atoms with E-state index in [1.165, 1.54) is 18.2 Å². The first-order valence-corrected chi connectivity index (χ1v) is 5.67. The second-order valence-corrected chi connectivity index (χ2v) is 5.22. The van der Waals surface area contributed by atoms with E-state index in [0.717, 1.165) is 0 Å². The standard InChI is InChI=1S/C13H20O4/c1-9(15)4-5-13(17)10(8-14)6-11(16)7-12(13,2)3/h4-6,9,14-15,17H,7-8H2,1-3H3/b5-4+/t9-,13+/m0/s1. The summed E-state index contributed by atoms with van der Waals surface area (Å²) in [6, 6.07) is 0. The van der Waals surface area contributed by atoms with Gasteiger partial charge in [-0.15, -0.1) is 0 Å². The molecule has 3 N–H and O–H groups in total. The highest BCUT2D eigenvalue weighted by Gasteiger charge is 2.47.